The number of hydrogen-bond acceptors (Lipinski definition) is 4. The summed E-state index contributed by atoms with van der Waals surface area (Å²) in [5, 5.41) is 8.79. The molecule has 0 bridgehead atoms. The van der Waals surface area contributed by atoms with Crippen molar-refractivity contribution in [3.8, 4) is 0 Å². The zero-order valence-electron chi connectivity index (χ0n) is 11.0. The first kappa shape index (κ1) is 13.8. The van der Waals surface area contributed by atoms with E-state index in [2.05, 4.69) is 4.90 Å². The lowest BCUT2D eigenvalue weighted by Gasteiger charge is -2.25. The molecule has 1 fully saturated rings. The molecule has 1 heterocycles. The van der Waals surface area contributed by atoms with E-state index in [0.29, 0.717) is 19.0 Å². The second kappa shape index (κ2) is 6.04. The summed E-state index contributed by atoms with van der Waals surface area (Å²) in [7, 11) is 0. The maximum Gasteiger partial charge on any atom is 0.320 e. The molecule has 19 heavy (non-hydrogen) atoms. The van der Waals surface area contributed by atoms with Gasteiger partial charge in [0, 0.05) is 24.8 Å². The van der Waals surface area contributed by atoms with Crippen LogP contribution in [0, 0.1) is 0 Å². The Kier molecular flexibility index (Phi) is 4.39. The summed E-state index contributed by atoms with van der Waals surface area (Å²) in [4.78, 5) is 13.0. The first-order chi connectivity index (χ1) is 9.11. The van der Waals surface area contributed by atoms with Crippen LogP contribution in [0.25, 0.3) is 0 Å². The van der Waals surface area contributed by atoms with Crippen LogP contribution >= 0.6 is 0 Å². The van der Waals surface area contributed by atoms with Crippen molar-refractivity contribution in [3.05, 3.63) is 29.8 Å². The third-order valence-electron chi connectivity index (χ3n) is 3.69. The molecular weight excluding hydrogens is 242 g/mol. The second-order valence-electron chi connectivity index (χ2n) is 5.04. The zero-order valence-corrected chi connectivity index (χ0v) is 11.0. The highest BCUT2D eigenvalue weighted by Crippen LogP contribution is 2.25. The summed E-state index contributed by atoms with van der Waals surface area (Å²) < 4.78 is 0. The number of anilines is 1. The van der Waals surface area contributed by atoms with Gasteiger partial charge >= 0.3 is 5.97 Å². The molecule has 5 nitrogen and oxygen atoms in total. The molecule has 5 N–H and O–H groups in total. The molecule has 0 saturated carbocycles. The Balaban J connectivity index is 2.04. The number of hydrogen-bond donors (Lipinski definition) is 3. The lowest BCUT2D eigenvalue weighted by atomic mass is 10.1. The molecule has 1 aromatic rings. The summed E-state index contributed by atoms with van der Waals surface area (Å²) in [6, 6.07) is 7.53. The van der Waals surface area contributed by atoms with E-state index in [9.17, 15) is 4.79 Å². The molecule has 1 unspecified atom stereocenters. The van der Waals surface area contributed by atoms with Gasteiger partial charge in [-0.15, -0.1) is 0 Å². The summed E-state index contributed by atoms with van der Waals surface area (Å²) >= 11 is 0. The molecule has 0 amide bonds. The number of carbonyl (C=O) groups is 1. The van der Waals surface area contributed by atoms with Crippen molar-refractivity contribution < 1.29 is 9.90 Å². The molecule has 5 heteroatoms. The van der Waals surface area contributed by atoms with Gasteiger partial charge in [-0.05, 0) is 37.0 Å². The van der Waals surface area contributed by atoms with Gasteiger partial charge in [-0.25, -0.2) is 0 Å². The predicted molar refractivity (Wildman–Crippen MR) is 75.2 cm³/mol. The van der Waals surface area contributed by atoms with Crippen LogP contribution in [0.15, 0.2) is 24.3 Å². The lowest BCUT2D eigenvalue weighted by Crippen LogP contribution is -2.35. The second-order valence-corrected chi connectivity index (χ2v) is 5.04. The Bertz CT molecular complexity index is 433. The van der Waals surface area contributed by atoms with Crippen LogP contribution in [0.4, 0.5) is 5.69 Å². The van der Waals surface area contributed by atoms with Crippen LogP contribution < -0.4 is 16.4 Å². The Labute approximate surface area is 113 Å². The van der Waals surface area contributed by atoms with E-state index in [0.717, 1.165) is 24.2 Å². The molecule has 2 atom stereocenters. The molecule has 1 aliphatic heterocycles. The molecule has 0 spiro atoms. The fourth-order valence-electron chi connectivity index (χ4n) is 2.59. The van der Waals surface area contributed by atoms with Crippen LogP contribution in [0.3, 0.4) is 0 Å². The number of rotatable bonds is 5. The van der Waals surface area contributed by atoms with Crippen LogP contribution in [0.5, 0.6) is 0 Å². The topological polar surface area (TPSA) is 92.6 Å². The van der Waals surface area contributed by atoms with Crippen molar-refractivity contribution in [2.45, 2.75) is 31.3 Å². The Morgan fingerprint density at radius 3 is 2.68 bits per heavy atom. The first-order valence-electron chi connectivity index (χ1n) is 6.66. The lowest BCUT2D eigenvalue weighted by molar-refractivity contribution is -0.138. The van der Waals surface area contributed by atoms with Crippen LogP contribution in [-0.2, 0) is 11.2 Å². The van der Waals surface area contributed by atoms with Crippen LogP contribution in [0.1, 0.15) is 18.4 Å². The third kappa shape index (κ3) is 3.24. The summed E-state index contributed by atoms with van der Waals surface area (Å²) in [5.74, 6) is -0.966. The van der Waals surface area contributed by atoms with Gasteiger partial charge in [-0.3, -0.25) is 4.79 Å². The van der Waals surface area contributed by atoms with Gasteiger partial charge in [0.15, 0.2) is 0 Å². The largest absolute Gasteiger partial charge is 0.480 e. The fraction of sp³-hybridized carbons (Fsp3) is 0.500. The van der Waals surface area contributed by atoms with Crippen molar-refractivity contribution in [2.75, 3.05) is 18.0 Å². The van der Waals surface area contributed by atoms with Gasteiger partial charge in [-0.2, -0.15) is 0 Å². The maximum atomic E-state index is 10.7. The van der Waals surface area contributed by atoms with Crippen molar-refractivity contribution in [1.82, 2.24) is 0 Å². The van der Waals surface area contributed by atoms with E-state index >= 15 is 0 Å². The van der Waals surface area contributed by atoms with E-state index in [1.54, 1.807) is 0 Å². The number of benzene rings is 1. The van der Waals surface area contributed by atoms with Gasteiger partial charge in [0.05, 0.1) is 0 Å². The monoisotopic (exact) mass is 263 g/mol. The highest BCUT2D eigenvalue weighted by molar-refractivity contribution is 5.73. The van der Waals surface area contributed by atoms with Crippen LogP contribution in [0.2, 0.25) is 0 Å². The van der Waals surface area contributed by atoms with Gasteiger partial charge in [-0.1, -0.05) is 12.1 Å². The number of nitrogens with two attached hydrogens (primary N) is 2. The average molecular weight is 263 g/mol. The molecular formula is C14H21N3O2. The predicted octanol–water partition coefficient (Wildman–Crippen LogP) is 0.568. The number of nitrogens with zero attached hydrogens (tertiary/aromatic N) is 1. The zero-order chi connectivity index (χ0) is 13.8. The SMILES string of the molecule is NC[C@H]1CCCN1c1ccc(CC(N)C(=O)O)cc1. The minimum atomic E-state index is -0.966. The van der Waals surface area contributed by atoms with Crippen molar-refractivity contribution in [2.24, 2.45) is 11.5 Å². The van der Waals surface area contributed by atoms with Gasteiger partial charge in [0.1, 0.15) is 6.04 Å². The highest BCUT2D eigenvalue weighted by Gasteiger charge is 2.23. The molecule has 0 radical (unpaired) electrons. The van der Waals surface area contributed by atoms with Gasteiger partial charge < -0.3 is 21.5 Å². The fourth-order valence-corrected chi connectivity index (χ4v) is 2.59. The van der Waals surface area contributed by atoms with Crippen LogP contribution in [-0.4, -0.2) is 36.2 Å². The summed E-state index contributed by atoms with van der Waals surface area (Å²) in [6.45, 7) is 1.71. The molecule has 0 aliphatic carbocycles. The number of carboxylic acid groups (broad SMARTS) is 1. The molecule has 104 valence electrons. The Morgan fingerprint density at radius 1 is 1.42 bits per heavy atom. The smallest absolute Gasteiger partial charge is 0.320 e. The van der Waals surface area contributed by atoms with E-state index in [1.807, 2.05) is 24.3 Å². The standard InChI is InChI=1S/C14H21N3O2/c15-9-12-2-1-7-17(12)11-5-3-10(4-6-11)8-13(16)14(18)19/h3-6,12-13H,1-2,7-9,15-16H2,(H,18,19)/t12-,13?/m1/s1. The van der Waals surface area contributed by atoms with E-state index in [-0.39, 0.29) is 0 Å². The van der Waals surface area contributed by atoms with E-state index in [1.165, 1.54) is 6.42 Å². The highest BCUT2D eigenvalue weighted by atomic mass is 16.4. The van der Waals surface area contributed by atoms with Crippen molar-refractivity contribution >= 4 is 11.7 Å². The molecule has 1 aliphatic rings. The summed E-state index contributed by atoms with van der Waals surface area (Å²) in [6.07, 6.45) is 2.67. The van der Waals surface area contributed by atoms with Gasteiger partial charge in [0.2, 0.25) is 0 Å². The average Bonchev–Trinajstić information content (AvgIpc) is 2.87. The summed E-state index contributed by atoms with van der Waals surface area (Å²) in [5.41, 5.74) is 13.4. The van der Waals surface area contributed by atoms with Crippen molar-refractivity contribution in [1.29, 1.82) is 0 Å². The maximum absolute atomic E-state index is 10.7. The minimum absolute atomic E-state index is 0.357. The minimum Gasteiger partial charge on any atom is -0.480 e. The normalized spacial score (nSPS) is 20.5. The number of aliphatic carboxylic acids is 1. The Morgan fingerprint density at radius 2 is 2.11 bits per heavy atom. The number of carboxylic acids is 1. The quantitative estimate of drug-likeness (QED) is 0.722. The molecule has 2 rings (SSSR count). The van der Waals surface area contributed by atoms with Crippen molar-refractivity contribution in [3.63, 3.8) is 0 Å². The molecule has 1 saturated heterocycles. The first-order valence-corrected chi connectivity index (χ1v) is 6.66. The Hall–Kier alpha value is -1.59. The molecule has 0 aromatic heterocycles. The van der Waals surface area contributed by atoms with E-state index in [4.69, 9.17) is 16.6 Å². The third-order valence-corrected chi connectivity index (χ3v) is 3.69. The van der Waals surface area contributed by atoms with Gasteiger partial charge in [0.25, 0.3) is 0 Å². The van der Waals surface area contributed by atoms with E-state index < -0.39 is 12.0 Å². The molecule has 1 aromatic carbocycles.